The highest BCUT2D eigenvalue weighted by atomic mass is 16.5. The van der Waals surface area contributed by atoms with Crippen LogP contribution >= 0.6 is 0 Å². The minimum atomic E-state index is 0.267. The third-order valence-electron chi connectivity index (χ3n) is 4.46. The van der Waals surface area contributed by atoms with Crippen LogP contribution in [0.2, 0.25) is 0 Å². The summed E-state index contributed by atoms with van der Waals surface area (Å²) in [5.41, 5.74) is 3.15. The molecule has 0 N–H and O–H groups in total. The summed E-state index contributed by atoms with van der Waals surface area (Å²) in [6, 6.07) is 10.4. The molecule has 1 aliphatic heterocycles. The smallest absolute Gasteiger partial charge is 0.257 e. The monoisotopic (exact) mass is 324 g/mol. The summed E-state index contributed by atoms with van der Waals surface area (Å²) >= 11 is 0. The molecule has 124 valence electrons. The van der Waals surface area contributed by atoms with Crippen LogP contribution in [0.5, 0.6) is 0 Å². The Bertz CT molecular complexity index is 822. The van der Waals surface area contributed by atoms with Gasteiger partial charge < -0.3 is 9.05 Å². The van der Waals surface area contributed by atoms with E-state index < -0.39 is 0 Å². The zero-order chi connectivity index (χ0) is 16.5. The Kier molecular flexibility index (Phi) is 3.90. The van der Waals surface area contributed by atoms with Crippen molar-refractivity contribution in [3.8, 4) is 11.5 Å². The van der Waals surface area contributed by atoms with E-state index in [9.17, 15) is 0 Å². The van der Waals surface area contributed by atoms with Gasteiger partial charge >= 0.3 is 0 Å². The minimum absolute atomic E-state index is 0.267. The lowest BCUT2D eigenvalue weighted by atomic mass is 10.1. The van der Waals surface area contributed by atoms with Crippen molar-refractivity contribution in [3.63, 3.8) is 0 Å². The molecule has 24 heavy (non-hydrogen) atoms. The molecule has 0 unspecified atom stereocenters. The molecule has 1 aromatic carbocycles. The minimum Gasteiger partial charge on any atom is -0.361 e. The lowest BCUT2D eigenvalue weighted by molar-refractivity contribution is 0.228. The normalized spacial score (nSPS) is 18.3. The van der Waals surface area contributed by atoms with E-state index in [4.69, 9.17) is 9.05 Å². The Morgan fingerprint density at radius 3 is 2.71 bits per heavy atom. The van der Waals surface area contributed by atoms with Crippen molar-refractivity contribution in [2.75, 3.05) is 6.54 Å². The molecule has 1 fully saturated rings. The van der Waals surface area contributed by atoms with Crippen molar-refractivity contribution in [3.05, 3.63) is 53.2 Å². The van der Waals surface area contributed by atoms with E-state index >= 15 is 0 Å². The van der Waals surface area contributed by atoms with Crippen LogP contribution in [0.4, 0.5) is 0 Å². The molecule has 0 radical (unpaired) electrons. The van der Waals surface area contributed by atoms with E-state index in [-0.39, 0.29) is 6.04 Å². The SMILES string of the molecule is Cc1ccc(-c2nc(CN3CCC[C@@H]3c3cc(C)on3)no2)cc1. The lowest BCUT2D eigenvalue weighted by Gasteiger charge is -2.20. The molecule has 6 nitrogen and oxygen atoms in total. The number of nitrogens with zero attached hydrogens (tertiary/aromatic N) is 4. The van der Waals surface area contributed by atoms with Crippen molar-refractivity contribution in [1.29, 1.82) is 0 Å². The highest BCUT2D eigenvalue weighted by Gasteiger charge is 2.29. The summed E-state index contributed by atoms with van der Waals surface area (Å²) in [6.45, 7) is 5.64. The summed E-state index contributed by atoms with van der Waals surface area (Å²) in [4.78, 5) is 6.88. The van der Waals surface area contributed by atoms with Gasteiger partial charge in [0, 0.05) is 11.6 Å². The second-order valence-corrected chi connectivity index (χ2v) is 6.37. The molecule has 0 bridgehead atoms. The number of rotatable bonds is 4. The Labute approximate surface area is 140 Å². The van der Waals surface area contributed by atoms with Crippen LogP contribution in [0.1, 0.15) is 41.7 Å². The molecule has 0 saturated carbocycles. The van der Waals surface area contributed by atoms with Gasteiger partial charge in [0.25, 0.3) is 5.89 Å². The van der Waals surface area contributed by atoms with E-state index in [1.807, 2.05) is 37.3 Å². The van der Waals surface area contributed by atoms with Gasteiger partial charge in [0.05, 0.1) is 12.6 Å². The Hall–Kier alpha value is -2.47. The van der Waals surface area contributed by atoms with Crippen LogP contribution < -0.4 is 0 Å². The fourth-order valence-corrected chi connectivity index (χ4v) is 3.21. The van der Waals surface area contributed by atoms with Crippen molar-refractivity contribution >= 4 is 0 Å². The van der Waals surface area contributed by atoms with Gasteiger partial charge in [-0.2, -0.15) is 4.98 Å². The van der Waals surface area contributed by atoms with Crippen molar-refractivity contribution in [2.45, 2.75) is 39.3 Å². The number of aryl methyl sites for hydroxylation is 2. The second-order valence-electron chi connectivity index (χ2n) is 6.37. The zero-order valence-electron chi connectivity index (χ0n) is 13.9. The number of benzene rings is 1. The van der Waals surface area contributed by atoms with Crippen molar-refractivity contribution in [1.82, 2.24) is 20.2 Å². The van der Waals surface area contributed by atoms with Gasteiger partial charge in [0.1, 0.15) is 11.5 Å². The van der Waals surface area contributed by atoms with Gasteiger partial charge in [-0.05, 0) is 45.4 Å². The standard InChI is InChI=1S/C18H20N4O2/c1-12-5-7-14(8-6-12)18-19-17(21-24-18)11-22-9-3-4-16(22)15-10-13(2)23-20-15/h5-8,10,16H,3-4,9,11H2,1-2H3/t16-/m1/s1. The fraction of sp³-hybridized carbons (Fsp3) is 0.389. The topological polar surface area (TPSA) is 68.2 Å². The predicted octanol–water partition coefficient (Wildman–Crippen LogP) is 3.68. The van der Waals surface area contributed by atoms with E-state index in [1.54, 1.807) is 0 Å². The van der Waals surface area contributed by atoms with Gasteiger partial charge in [-0.15, -0.1) is 0 Å². The summed E-state index contributed by atoms with van der Waals surface area (Å²) in [6.07, 6.45) is 2.22. The van der Waals surface area contributed by atoms with Gasteiger partial charge in [0.15, 0.2) is 5.82 Å². The van der Waals surface area contributed by atoms with Gasteiger partial charge in [-0.25, -0.2) is 0 Å². The average molecular weight is 324 g/mol. The molecule has 0 aliphatic carbocycles. The number of aromatic nitrogens is 3. The first-order valence-corrected chi connectivity index (χ1v) is 8.26. The fourth-order valence-electron chi connectivity index (χ4n) is 3.21. The first-order chi connectivity index (χ1) is 11.7. The number of hydrogen-bond acceptors (Lipinski definition) is 6. The van der Waals surface area contributed by atoms with Crippen molar-refractivity contribution < 1.29 is 9.05 Å². The third kappa shape index (κ3) is 2.97. The first-order valence-electron chi connectivity index (χ1n) is 8.26. The summed E-state index contributed by atoms with van der Waals surface area (Å²) in [5, 5.41) is 8.31. The quantitative estimate of drug-likeness (QED) is 0.729. The van der Waals surface area contributed by atoms with Crippen LogP contribution in [0.3, 0.4) is 0 Å². The maximum atomic E-state index is 5.42. The first kappa shape index (κ1) is 15.1. The molecule has 0 spiro atoms. The molecule has 3 aromatic rings. The van der Waals surface area contributed by atoms with E-state index in [0.717, 1.165) is 36.4 Å². The molecular formula is C18H20N4O2. The molecule has 3 heterocycles. The largest absolute Gasteiger partial charge is 0.361 e. The maximum Gasteiger partial charge on any atom is 0.257 e. The number of hydrogen-bond donors (Lipinski definition) is 0. The molecular weight excluding hydrogens is 304 g/mol. The summed E-state index contributed by atoms with van der Waals surface area (Å²) in [7, 11) is 0. The summed E-state index contributed by atoms with van der Waals surface area (Å²) in [5.74, 6) is 2.12. The molecule has 6 heteroatoms. The van der Waals surface area contributed by atoms with Gasteiger partial charge in [0.2, 0.25) is 0 Å². The zero-order valence-corrected chi connectivity index (χ0v) is 13.9. The van der Waals surface area contributed by atoms with Crippen LogP contribution in [0, 0.1) is 13.8 Å². The number of likely N-dealkylation sites (tertiary alicyclic amines) is 1. The van der Waals surface area contributed by atoms with Crippen LogP contribution in [0.25, 0.3) is 11.5 Å². The van der Waals surface area contributed by atoms with E-state index in [0.29, 0.717) is 18.3 Å². The average Bonchev–Trinajstić information content (AvgIpc) is 3.30. The van der Waals surface area contributed by atoms with E-state index in [1.165, 1.54) is 5.56 Å². The molecule has 1 aliphatic rings. The van der Waals surface area contributed by atoms with Gasteiger partial charge in [-0.3, -0.25) is 4.90 Å². The molecule has 2 aromatic heterocycles. The lowest BCUT2D eigenvalue weighted by Crippen LogP contribution is -2.23. The van der Waals surface area contributed by atoms with E-state index in [2.05, 4.69) is 27.1 Å². The highest BCUT2D eigenvalue weighted by molar-refractivity contribution is 5.53. The molecule has 1 atom stereocenters. The molecule has 4 rings (SSSR count). The van der Waals surface area contributed by atoms with Crippen LogP contribution in [0.15, 0.2) is 39.4 Å². The Morgan fingerprint density at radius 2 is 1.96 bits per heavy atom. The Balaban J connectivity index is 1.50. The summed E-state index contributed by atoms with van der Waals surface area (Å²) < 4.78 is 10.6. The maximum absolute atomic E-state index is 5.42. The predicted molar refractivity (Wildman–Crippen MR) is 88.1 cm³/mol. The second kappa shape index (κ2) is 6.20. The third-order valence-corrected chi connectivity index (χ3v) is 4.46. The van der Waals surface area contributed by atoms with Crippen molar-refractivity contribution in [2.24, 2.45) is 0 Å². The highest BCUT2D eigenvalue weighted by Crippen LogP contribution is 2.32. The Morgan fingerprint density at radius 1 is 1.12 bits per heavy atom. The van der Waals surface area contributed by atoms with Crippen LogP contribution in [-0.2, 0) is 6.54 Å². The molecule has 1 saturated heterocycles. The van der Waals surface area contributed by atoms with Gasteiger partial charge in [-0.1, -0.05) is 28.0 Å². The molecule has 0 amide bonds. The van der Waals surface area contributed by atoms with Crippen LogP contribution in [-0.4, -0.2) is 26.7 Å².